The van der Waals surface area contributed by atoms with Crippen LogP contribution in [0.15, 0.2) is 23.5 Å². The first-order chi connectivity index (χ1) is 14.3. The van der Waals surface area contributed by atoms with Gasteiger partial charge in [-0.2, -0.15) is 26.3 Å². The molecular formula is C20H19F6NO5. The number of hydrogen-bond donors (Lipinski definition) is 1. The molecule has 1 heterocycles. The van der Waals surface area contributed by atoms with Crippen LogP contribution >= 0.6 is 0 Å². The molecule has 0 saturated carbocycles. The summed E-state index contributed by atoms with van der Waals surface area (Å²) in [4.78, 5) is 41.7. The van der Waals surface area contributed by atoms with Crippen LogP contribution in [0.25, 0.3) is 0 Å². The standard InChI is InChI=1S/C20H19F6NO5/c1-17(2)14(29)12(15(30)18(3,4)16(17)31)13(28)9-5-6-11(20(24,25)26)27-10(9)7-32-8-19(21,22)23/h5-6,29H,7-8H2,1-4H3. The van der Waals surface area contributed by atoms with Crippen molar-refractivity contribution in [3.05, 3.63) is 40.4 Å². The van der Waals surface area contributed by atoms with Crippen molar-refractivity contribution in [2.45, 2.75) is 46.7 Å². The van der Waals surface area contributed by atoms with Gasteiger partial charge in [0.05, 0.1) is 23.1 Å². The van der Waals surface area contributed by atoms with Gasteiger partial charge < -0.3 is 9.84 Å². The number of carbonyl (C=O) groups is 3. The quantitative estimate of drug-likeness (QED) is 0.299. The molecule has 1 aromatic heterocycles. The number of rotatable bonds is 5. The molecule has 0 saturated heterocycles. The number of ether oxygens (including phenoxy) is 1. The lowest BCUT2D eigenvalue weighted by molar-refractivity contribution is -0.177. The number of aliphatic hydroxyl groups excluding tert-OH is 1. The van der Waals surface area contributed by atoms with E-state index in [2.05, 4.69) is 9.72 Å². The summed E-state index contributed by atoms with van der Waals surface area (Å²) in [6, 6.07) is 1.04. The normalized spacial score (nSPS) is 18.8. The maximum atomic E-state index is 13.1. The van der Waals surface area contributed by atoms with E-state index in [1.165, 1.54) is 27.7 Å². The van der Waals surface area contributed by atoms with Gasteiger partial charge in [0, 0.05) is 5.56 Å². The molecular weight excluding hydrogens is 448 g/mol. The summed E-state index contributed by atoms with van der Waals surface area (Å²) in [5.41, 5.74) is -7.24. The number of hydrogen-bond acceptors (Lipinski definition) is 6. The lowest BCUT2D eigenvalue weighted by Gasteiger charge is -2.37. The van der Waals surface area contributed by atoms with Crippen molar-refractivity contribution >= 4 is 17.3 Å². The number of carbonyl (C=O) groups excluding carboxylic acids is 3. The number of halogens is 6. The second-order valence-corrected chi connectivity index (χ2v) is 8.26. The van der Waals surface area contributed by atoms with E-state index in [1.807, 2.05) is 0 Å². The van der Waals surface area contributed by atoms with Gasteiger partial charge in [-0.05, 0) is 39.8 Å². The minimum absolute atomic E-state index is 0.410. The minimum Gasteiger partial charge on any atom is -0.510 e. The van der Waals surface area contributed by atoms with Crippen LogP contribution in [0.2, 0.25) is 0 Å². The molecule has 0 fully saturated rings. The van der Waals surface area contributed by atoms with Gasteiger partial charge in [0.2, 0.25) is 5.78 Å². The van der Waals surface area contributed by atoms with Crippen LogP contribution in [-0.4, -0.2) is 40.2 Å². The first-order valence-electron chi connectivity index (χ1n) is 9.11. The van der Waals surface area contributed by atoms with Gasteiger partial charge in [-0.15, -0.1) is 0 Å². The lowest BCUT2D eigenvalue weighted by Crippen LogP contribution is -2.50. The Morgan fingerprint density at radius 2 is 1.59 bits per heavy atom. The van der Waals surface area contributed by atoms with Crippen LogP contribution in [0.4, 0.5) is 26.3 Å². The van der Waals surface area contributed by atoms with E-state index in [0.717, 1.165) is 0 Å². The predicted octanol–water partition coefficient (Wildman–Crippen LogP) is 4.38. The Balaban J connectivity index is 2.62. The predicted molar refractivity (Wildman–Crippen MR) is 96.5 cm³/mol. The fourth-order valence-corrected chi connectivity index (χ4v) is 3.31. The Morgan fingerprint density at radius 3 is 2.09 bits per heavy atom. The molecule has 0 atom stereocenters. The number of pyridine rings is 1. The van der Waals surface area contributed by atoms with Gasteiger partial charge in [0.15, 0.2) is 11.6 Å². The van der Waals surface area contributed by atoms with E-state index < -0.39 is 82.0 Å². The zero-order valence-corrected chi connectivity index (χ0v) is 17.4. The van der Waals surface area contributed by atoms with Crippen molar-refractivity contribution in [1.82, 2.24) is 4.98 Å². The first kappa shape index (κ1) is 25.5. The van der Waals surface area contributed by atoms with E-state index in [4.69, 9.17) is 0 Å². The summed E-state index contributed by atoms with van der Waals surface area (Å²) in [7, 11) is 0. The number of alkyl halides is 6. The average molecular weight is 467 g/mol. The molecule has 0 amide bonds. The average Bonchev–Trinajstić information content (AvgIpc) is 2.64. The summed E-state index contributed by atoms with van der Waals surface area (Å²) in [6.45, 7) is 2.00. The fraction of sp³-hybridized carbons (Fsp3) is 0.500. The number of Topliss-reactive ketones (excluding diaryl/α,β-unsaturated/α-hetero) is 3. The minimum atomic E-state index is -4.97. The van der Waals surface area contributed by atoms with Gasteiger partial charge in [0.1, 0.15) is 23.6 Å². The maximum absolute atomic E-state index is 13.1. The van der Waals surface area contributed by atoms with Gasteiger partial charge in [-0.1, -0.05) is 0 Å². The maximum Gasteiger partial charge on any atom is 0.433 e. The van der Waals surface area contributed by atoms with Crippen LogP contribution in [0.3, 0.4) is 0 Å². The van der Waals surface area contributed by atoms with Crippen LogP contribution in [-0.2, 0) is 27.1 Å². The molecule has 0 bridgehead atoms. The second-order valence-electron chi connectivity index (χ2n) is 8.26. The van der Waals surface area contributed by atoms with Crippen LogP contribution in [0.5, 0.6) is 0 Å². The topological polar surface area (TPSA) is 93.6 Å². The molecule has 0 radical (unpaired) electrons. The van der Waals surface area contributed by atoms with Gasteiger partial charge in [-0.25, -0.2) is 4.98 Å². The van der Waals surface area contributed by atoms with Gasteiger partial charge in [0.25, 0.3) is 0 Å². The van der Waals surface area contributed by atoms with Gasteiger partial charge >= 0.3 is 12.4 Å². The van der Waals surface area contributed by atoms with Crippen molar-refractivity contribution in [1.29, 1.82) is 0 Å². The number of aliphatic hydroxyl groups is 1. The van der Waals surface area contributed by atoms with Crippen LogP contribution < -0.4 is 0 Å². The molecule has 1 aliphatic carbocycles. The highest BCUT2D eigenvalue weighted by Crippen LogP contribution is 2.44. The zero-order chi connectivity index (χ0) is 24.9. The number of aromatic nitrogens is 1. The molecule has 1 aromatic rings. The molecule has 6 nitrogen and oxygen atoms in total. The summed E-state index contributed by atoms with van der Waals surface area (Å²) >= 11 is 0. The van der Waals surface area contributed by atoms with Crippen LogP contribution in [0.1, 0.15) is 49.4 Å². The highest BCUT2D eigenvalue weighted by Gasteiger charge is 2.54. The Bertz CT molecular complexity index is 1000. The molecule has 0 aliphatic heterocycles. The molecule has 176 valence electrons. The van der Waals surface area contributed by atoms with E-state index in [-0.39, 0.29) is 0 Å². The summed E-state index contributed by atoms with van der Waals surface area (Å²) in [6.07, 6.45) is -9.76. The van der Waals surface area contributed by atoms with Crippen molar-refractivity contribution in [2.75, 3.05) is 6.61 Å². The Kier molecular flexibility index (Phi) is 6.36. The van der Waals surface area contributed by atoms with Crippen molar-refractivity contribution in [3.63, 3.8) is 0 Å². The third-order valence-corrected chi connectivity index (χ3v) is 5.00. The molecule has 0 aromatic carbocycles. The Labute approximate surface area is 178 Å². The largest absolute Gasteiger partial charge is 0.510 e. The number of nitrogens with zero attached hydrogens (tertiary/aromatic N) is 1. The third-order valence-electron chi connectivity index (χ3n) is 5.00. The molecule has 32 heavy (non-hydrogen) atoms. The van der Waals surface area contributed by atoms with Crippen LogP contribution in [0, 0.1) is 10.8 Å². The Morgan fingerprint density at radius 1 is 1.03 bits per heavy atom. The first-order valence-corrected chi connectivity index (χ1v) is 9.11. The summed E-state index contributed by atoms with van der Waals surface area (Å²) < 4.78 is 80.6. The van der Waals surface area contributed by atoms with Crippen molar-refractivity contribution in [3.8, 4) is 0 Å². The molecule has 1 aliphatic rings. The zero-order valence-electron chi connectivity index (χ0n) is 17.4. The molecule has 0 spiro atoms. The van der Waals surface area contributed by atoms with E-state index in [0.29, 0.717) is 12.1 Å². The molecule has 1 N–H and O–H groups in total. The number of ketones is 3. The summed E-state index contributed by atoms with van der Waals surface area (Å²) in [5.74, 6) is -3.94. The van der Waals surface area contributed by atoms with Crippen molar-refractivity contribution < 1.29 is 50.6 Å². The van der Waals surface area contributed by atoms with Gasteiger partial charge in [-0.3, -0.25) is 14.4 Å². The highest BCUT2D eigenvalue weighted by molar-refractivity contribution is 6.34. The third kappa shape index (κ3) is 4.69. The molecule has 12 heteroatoms. The smallest absolute Gasteiger partial charge is 0.433 e. The van der Waals surface area contributed by atoms with E-state index >= 15 is 0 Å². The van der Waals surface area contributed by atoms with E-state index in [1.54, 1.807) is 0 Å². The SMILES string of the molecule is CC1(C)C(=O)C(C(=O)c2ccc(C(F)(F)F)nc2COCC(F)(F)F)=C(O)C(C)(C)C1=O. The lowest BCUT2D eigenvalue weighted by atomic mass is 9.62. The summed E-state index contributed by atoms with van der Waals surface area (Å²) in [5, 5.41) is 10.5. The highest BCUT2D eigenvalue weighted by atomic mass is 19.4. The van der Waals surface area contributed by atoms with Crippen molar-refractivity contribution in [2.24, 2.45) is 10.8 Å². The fourth-order valence-electron chi connectivity index (χ4n) is 3.31. The molecule has 0 unspecified atom stereocenters. The monoisotopic (exact) mass is 467 g/mol. The van der Waals surface area contributed by atoms with E-state index in [9.17, 15) is 45.8 Å². The Hall–Kier alpha value is -2.76. The second kappa shape index (κ2) is 7.98. The molecule has 2 rings (SSSR count). The number of allylic oxidation sites excluding steroid dienone is 2.